The van der Waals surface area contributed by atoms with Crippen LogP contribution in [0.25, 0.3) is 0 Å². The summed E-state index contributed by atoms with van der Waals surface area (Å²) in [6.07, 6.45) is 0. The summed E-state index contributed by atoms with van der Waals surface area (Å²) < 4.78 is 0. The summed E-state index contributed by atoms with van der Waals surface area (Å²) in [5, 5.41) is 2.75. The number of hydrogen-bond donors (Lipinski definition) is 1. The van der Waals surface area contributed by atoms with Gasteiger partial charge in [0.15, 0.2) is 0 Å². The highest BCUT2D eigenvalue weighted by Gasteiger charge is 2.39. The molecule has 1 aromatic carbocycles. The van der Waals surface area contributed by atoms with Crippen molar-refractivity contribution in [2.24, 2.45) is 5.92 Å². The second kappa shape index (κ2) is 5.51. The molecular formula is C17H24N2O2. The van der Waals surface area contributed by atoms with Gasteiger partial charge in [0.1, 0.15) is 6.04 Å². The molecule has 4 nitrogen and oxygen atoms in total. The van der Waals surface area contributed by atoms with Crippen LogP contribution in [-0.4, -0.2) is 22.9 Å². The van der Waals surface area contributed by atoms with Gasteiger partial charge in [-0.25, -0.2) is 4.79 Å². The molecule has 4 heteroatoms. The summed E-state index contributed by atoms with van der Waals surface area (Å²) in [4.78, 5) is 25.5. The average molecular weight is 288 g/mol. The summed E-state index contributed by atoms with van der Waals surface area (Å²) in [5.41, 5.74) is 2.31. The van der Waals surface area contributed by atoms with Gasteiger partial charge >= 0.3 is 6.03 Å². The Hall–Kier alpha value is -1.84. The lowest BCUT2D eigenvalue weighted by Crippen LogP contribution is -2.34. The molecule has 0 spiro atoms. The first-order valence-corrected chi connectivity index (χ1v) is 7.41. The molecule has 0 aliphatic carbocycles. The fourth-order valence-corrected chi connectivity index (χ4v) is 2.43. The van der Waals surface area contributed by atoms with Gasteiger partial charge in [-0.3, -0.25) is 9.69 Å². The SMILES string of the molecule is CC(C)C1NC(=O)N(Cc2ccc(C(C)(C)C)cc2)C1=O. The number of benzene rings is 1. The highest BCUT2D eigenvalue weighted by Crippen LogP contribution is 2.23. The van der Waals surface area contributed by atoms with Crippen molar-refractivity contribution in [3.05, 3.63) is 35.4 Å². The van der Waals surface area contributed by atoms with Crippen LogP contribution in [0.2, 0.25) is 0 Å². The smallest absolute Gasteiger partial charge is 0.325 e. The molecule has 1 aliphatic heterocycles. The molecule has 1 heterocycles. The molecule has 1 atom stereocenters. The van der Waals surface area contributed by atoms with E-state index in [1.807, 2.05) is 26.0 Å². The molecule has 1 fully saturated rings. The first-order valence-electron chi connectivity index (χ1n) is 7.41. The monoisotopic (exact) mass is 288 g/mol. The van der Waals surface area contributed by atoms with Gasteiger partial charge < -0.3 is 5.32 Å². The Kier molecular flexibility index (Phi) is 4.08. The highest BCUT2D eigenvalue weighted by atomic mass is 16.2. The molecular weight excluding hydrogens is 264 g/mol. The Morgan fingerprint density at radius 3 is 2.14 bits per heavy atom. The number of carbonyl (C=O) groups is 2. The van der Waals surface area contributed by atoms with Gasteiger partial charge in [-0.05, 0) is 22.5 Å². The molecule has 1 aliphatic rings. The van der Waals surface area contributed by atoms with E-state index in [0.717, 1.165) is 5.56 Å². The Bertz CT molecular complexity index is 541. The largest absolute Gasteiger partial charge is 0.326 e. The molecule has 0 saturated carbocycles. The number of nitrogens with zero attached hydrogens (tertiary/aromatic N) is 1. The molecule has 2 rings (SSSR count). The molecule has 0 aromatic heterocycles. The topological polar surface area (TPSA) is 49.4 Å². The predicted molar refractivity (Wildman–Crippen MR) is 82.8 cm³/mol. The number of nitrogens with one attached hydrogen (secondary N) is 1. The van der Waals surface area contributed by atoms with Crippen LogP contribution in [0.3, 0.4) is 0 Å². The highest BCUT2D eigenvalue weighted by molar-refractivity contribution is 6.04. The molecule has 21 heavy (non-hydrogen) atoms. The Labute approximate surface area is 126 Å². The van der Waals surface area contributed by atoms with Crippen LogP contribution in [0, 0.1) is 5.92 Å². The van der Waals surface area contributed by atoms with E-state index in [0.29, 0.717) is 6.54 Å². The van der Waals surface area contributed by atoms with Crippen molar-refractivity contribution in [2.75, 3.05) is 0 Å². The van der Waals surface area contributed by atoms with Gasteiger partial charge in [0, 0.05) is 0 Å². The fourth-order valence-electron chi connectivity index (χ4n) is 2.43. The quantitative estimate of drug-likeness (QED) is 0.869. The fraction of sp³-hybridized carbons (Fsp3) is 0.529. The van der Waals surface area contributed by atoms with Crippen LogP contribution in [-0.2, 0) is 16.8 Å². The van der Waals surface area contributed by atoms with Crippen molar-refractivity contribution in [1.29, 1.82) is 0 Å². The molecule has 0 bridgehead atoms. The van der Waals surface area contributed by atoms with Crippen molar-refractivity contribution in [2.45, 2.75) is 52.6 Å². The number of carbonyl (C=O) groups excluding carboxylic acids is 2. The summed E-state index contributed by atoms with van der Waals surface area (Å²) in [5.74, 6) is -0.0235. The molecule has 3 amide bonds. The Morgan fingerprint density at radius 1 is 1.14 bits per heavy atom. The number of rotatable bonds is 3. The molecule has 1 unspecified atom stereocenters. The zero-order chi connectivity index (χ0) is 15.8. The minimum atomic E-state index is -0.397. The summed E-state index contributed by atoms with van der Waals surface area (Å²) in [6.45, 7) is 10.7. The van der Waals surface area contributed by atoms with Gasteiger partial charge in [0.05, 0.1) is 6.54 Å². The second-order valence-corrected chi connectivity index (χ2v) is 7.04. The van der Waals surface area contributed by atoms with Gasteiger partial charge in [0.25, 0.3) is 5.91 Å². The van der Waals surface area contributed by atoms with E-state index in [2.05, 4.69) is 38.2 Å². The maximum absolute atomic E-state index is 12.2. The second-order valence-electron chi connectivity index (χ2n) is 7.04. The Morgan fingerprint density at radius 2 is 1.71 bits per heavy atom. The van der Waals surface area contributed by atoms with E-state index in [-0.39, 0.29) is 23.3 Å². The third-order valence-electron chi connectivity index (χ3n) is 3.88. The van der Waals surface area contributed by atoms with E-state index in [4.69, 9.17) is 0 Å². The lowest BCUT2D eigenvalue weighted by atomic mass is 9.87. The maximum atomic E-state index is 12.2. The standard InChI is InChI=1S/C17H24N2O2/c1-11(2)14-15(20)19(16(21)18-14)10-12-6-8-13(9-7-12)17(3,4)5/h6-9,11,14H,10H2,1-5H3,(H,18,21). The summed E-state index contributed by atoms with van der Waals surface area (Å²) in [7, 11) is 0. The zero-order valence-electron chi connectivity index (χ0n) is 13.4. The van der Waals surface area contributed by atoms with Gasteiger partial charge in [0.2, 0.25) is 0 Å². The average Bonchev–Trinajstić information content (AvgIpc) is 2.66. The number of hydrogen-bond acceptors (Lipinski definition) is 2. The van der Waals surface area contributed by atoms with E-state index in [9.17, 15) is 9.59 Å². The minimum absolute atomic E-state index is 0.0993. The Balaban J connectivity index is 2.12. The summed E-state index contributed by atoms with van der Waals surface area (Å²) >= 11 is 0. The van der Waals surface area contributed by atoms with Crippen molar-refractivity contribution < 1.29 is 9.59 Å². The van der Waals surface area contributed by atoms with E-state index < -0.39 is 6.04 Å². The summed E-state index contributed by atoms with van der Waals surface area (Å²) in [6, 6.07) is 7.42. The first-order chi connectivity index (χ1) is 9.70. The normalized spacial score (nSPS) is 19.3. The third-order valence-corrected chi connectivity index (χ3v) is 3.88. The van der Waals surface area contributed by atoms with Crippen molar-refractivity contribution in [1.82, 2.24) is 10.2 Å². The predicted octanol–water partition coefficient (Wildman–Crippen LogP) is 3.06. The third kappa shape index (κ3) is 3.26. The van der Waals surface area contributed by atoms with Crippen LogP contribution in [0.1, 0.15) is 45.7 Å². The van der Waals surface area contributed by atoms with Gasteiger partial charge in [-0.15, -0.1) is 0 Å². The van der Waals surface area contributed by atoms with Crippen molar-refractivity contribution >= 4 is 11.9 Å². The van der Waals surface area contributed by atoms with Gasteiger partial charge in [-0.1, -0.05) is 58.9 Å². The van der Waals surface area contributed by atoms with Crippen molar-refractivity contribution in [3.63, 3.8) is 0 Å². The lowest BCUT2D eigenvalue weighted by Gasteiger charge is -2.20. The van der Waals surface area contributed by atoms with Crippen LogP contribution in [0.5, 0.6) is 0 Å². The number of amides is 3. The van der Waals surface area contributed by atoms with Crippen LogP contribution in [0.4, 0.5) is 4.79 Å². The van der Waals surface area contributed by atoms with Crippen LogP contribution in [0.15, 0.2) is 24.3 Å². The number of imide groups is 1. The van der Waals surface area contributed by atoms with E-state index in [1.54, 1.807) is 0 Å². The molecule has 114 valence electrons. The van der Waals surface area contributed by atoms with Crippen LogP contribution >= 0.6 is 0 Å². The number of urea groups is 1. The lowest BCUT2D eigenvalue weighted by molar-refractivity contribution is -0.128. The minimum Gasteiger partial charge on any atom is -0.326 e. The maximum Gasteiger partial charge on any atom is 0.325 e. The molecule has 1 N–H and O–H groups in total. The zero-order valence-corrected chi connectivity index (χ0v) is 13.4. The van der Waals surface area contributed by atoms with Crippen LogP contribution < -0.4 is 5.32 Å². The van der Waals surface area contributed by atoms with Gasteiger partial charge in [-0.2, -0.15) is 0 Å². The molecule has 1 saturated heterocycles. The van der Waals surface area contributed by atoms with Crippen molar-refractivity contribution in [3.8, 4) is 0 Å². The molecule has 1 aromatic rings. The molecule has 0 radical (unpaired) electrons. The van der Waals surface area contributed by atoms with E-state index in [1.165, 1.54) is 10.5 Å². The first kappa shape index (κ1) is 15.5. The van der Waals surface area contributed by atoms with E-state index >= 15 is 0 Å².